The summed E-state index contributed by atoms with van der Waals surface area (Å²) in [5.41, 5.74) is 0.527. The van der Waals surface area contributed by atoms with Gasteiger partial charge in [0.1, 0.15) is 5.69 Å². The van der Waals surface area contributed by atoms with Crippen LogP contribution in [0.2, 0.25) is 0 Å². The molecule has 1 unspecified atom stereocenters. The predicted octanol–water partition coefficient (Wildman–Crippen LogP) is 0.353. The van der Waals surface area contributed by atoms with Gasteiger partial charge in [0, 0.05) is 23.8 Å². The number of hydrogen-bond acceptors (Lipinski definition) is 3. The highest BCUT2D eigenvalue weighted by atomic mass is 79.9. The van der Waals surface area contributed by atoms with Gasteiger partial charge in [-0.15, -0.1) is 0 Å². The van der Waals surface area contributed by atoms with E-state index < -0.39 is 6.10 Å². The van der Waals surface area contributed by atoms with Gasteiger partial charge in [0.05, 0.1) is 12.7 Å². The van der Waals surface area contributed by atoms with E-state index in [1.165, 1.54) is 0 Å². The fraction of sp³-hybridized carbons (Fsp3) is 0.500. The van der Waals surface area contributed by atoms with Gasteiger partial charge in [-0.25, -0.2) is 0 Å². The van der Waals surface area contributed by atoms with E-state index in [-0.39, 0.29) is 19.1 Å². The number of nitrogens with zero attached hydrogens (tertiary/aromatic N) is 1. The maximum absolute atomic E-state index is 11.7. The van der Waals surface area contributed by atoms with Crippen molar-refractivity contribution in [3.63, 3.8) is 0 Å². The molecule has 90 valence electrons. The first-order chi connectivity index (χ1) is 7.58. The highest BCUT2D eigenvalue weighted by Gasteiger charge is 2.13. The van der Waals surface area contributed by atoms with E-state index in [0.29, 0.717) is 12.2 Å². The maximum atomic E-state index is 11.7. The molecule has 1 aromatic heterocycles. The molecule has 0 bridgehead atoms. The quantitative estimate of drug-likeness (QED) is 0.733. The Balaban J connectivity index is 2.65. The molecule has 1 aromatic rings. The molecule has 1 amide bonds. The van der Waals surface area contributed by atoms with Crippen molar-refractivity contribution in [2.45, 2.75) is 19.6 Å². The lowest BCUT2D eigenvalue weighted by Crippen LogP contribution is -2.34. The van der Waals surface area contributed by atoms with Crippen LogP contribution in [0.5, 0.6) is 0 Å². The van der Waals surface area contributed by atoms with Crippen LogP contribution in [0.25, 0.3) is 0 Å². The molecule has 0 fully saturated rings. The molecule has 0 aliphatic heterocycles. The summed E-state index contributed by atoms with van der Waals surface area (Å²) in [7, 11) is 0. The van der Waals surface area contributed by atoms with Crippen molar-refractivity contribution in [2.24, 2.45) is 0 Å². The SMILES string of the molecule is CCn1cc(Br)cc1C(=O)NCC(O)CO. The van der Waals surface area contributed by atoms with Crippen molar-refractivity contribution in [3.05, 3.63) is 22.4 Å². The zero-order chi connectivity index (χ0) is 12.1. The monoisotopic (exact) mass is 290 g/mol. The molecule has 16 heavy (non-hydrogen) atoms. The van der Waals surface area contributed by atoms with Crippen LogP contribution in [-0.4, -0.2) is 39.9 Å². The lowest BCUT2D eigenvalue weighted by atomic mass is 10.3. The van der Waals surface area contributed by atoms with Crippen LogP contribution in [0, 0.1) is 0 Å². The number of carbonyl (C=O) groups excluding carboxylic acids is 1. The molecule has 1 heterocycles. The summed E-state index contributed by atoms with van der Waals surface area (Å²) in [4.78, 5) is 11.7. The van der Waals surface area contributed by atoms with Gasteiger partial charge < -0.3 is 20.1 Å². The van der Waals surface area contributed by atoms with Crippen LogP contribution in [0.1, 0.15) is 17.4 Å². The Labute approximate surface area is 102 Å². The van der Waals surface area contributed by atoms with Crippen LogP contribution in [-0.2, 0) is 6.54 Å². The molecule has 0 aliphatic carbocycles. The zero-order valence-electron chi connectivity index (χ0n) is 8.98. The summed E-state index contributed by atoms with van der Waals surface area (Å²) in [5, 5.41) is 20.3. The van der Waals surface area contributed by atoms with Crippen molar-refractivity contribution < 1.29 is 15.0 Å². The standard InChI is InChI=1S/C10H15BrN2O3/c1-2-13-5-7(11)3-9(13)10(16)12-4-8(15)6-14/h3,5,8,14-15H,2,4,6H2,1H3,(H,12,16). The van der Waals surface area contributed by atoms with Gasteiger partial charge in [-0.1, -0.05) is 0 Å². The average Bonchev–Trinajstić information content (AvgIpc) is 2.66. The van der Waals surface area contributed by atoms with Gasteiger partial charge in [-0.3, -0.25) is 4.79 Å². The number of hydrogen-bond donors (Lipinski definition) is 3. The number of aryl methyl sites for hydroxylation is 1. The van der Waals surface area contributed by atoms with E-state index in [4.69, 9.17) is 10.2 Å². The zero-order valence-corrected chi connectivity index (χ0v) is 10.6. The van der Waals surface area contributed by atoms with E-state index in [0.717, 1.165) is 4.47 Å². The minimum absolute atomic E-state index is 0.0435. The molecule has 5 nitrogen and oxygen atoms in total. The van der Waals surface area contributed by atoms with Gasteiger partial charge in [-0.05, 0) is 28.9 Å². The highest BCUT2D eigenvalue weighted by Crippen LogP contribution is 2.14. The molecule has 0 saturated heterocycles. The van der Waals surface area contributed by atoms with Crippen molar-refractivity contribution in [1.82, 2.24) is 9.88 Å². The molecule has 0 aliphatic rings. The first-order valence-corrected chi connectivity index (χ1v) is 5.80. The molecular weight excluding hydrogens is 276 g/mol. The Kier molecular flexibility index (Phi) is 4.98. The van der Waals surface area contributed by atoms with E-state index in [1.54, 1.807) is 10.6 Å². The number of carbonyl (C=O) groups is 1. The maximum Gasteiger partial charge on any atom is 0.268 e. The third-order valence-corrected chi connectivity index (χ3v) is 2.58. The van der Waals surface area contributed by atoms with Crippen LogP contribution in [0.4, 0.5) is 0 Å². The third kappa shape index (κ3) is 3.33. The molecule has 0 spiro atoms. The van der Waals surface area contributed by atoms with Crippen molar-refractivity contribution in [2.75, 3.05) is 13.2 Å². The average molecular weight is 291 g/mol. The summed E-state index contributed by atoms with van der Waals surface area (Å²) < 4.78 is 2.63. The van der Waals surface area contributed by atoms with Crippen LogP contribution >= 0.6 is 15.9 Å². The van der Waals surface area contributed by atoms with Gasteiger partial charge in [-0.2, -0.15) is 0 Å². The third-order valence-electron chi connectivity index (χ3n) is 2.15. The van der Waals surface area contributed by atoms with E-state index in [1.807, 2.05) is 13.1 Å². The second kappa shape index (κ2) is 6.03. The molecule has 0 aromatic carbocycles. The molecule has 3 N–H and O–H groups in total. The molecule has 0 radical (unpaired) electrons. The van der Waals surface area contributed by atoms with Gasteiger partial charge >= 0.3 is 0 Å². The van der Waals surface area contributed by atoms with Gasteiger partial charge in [0.2, 0.25) is 0 Å². The Morgan fingerprint density at radius 3 is 2.94 bits per heavy atom. The van der Waals surface area contributed by atoms with E-state index in [9.17, 15) is 4.79 Å². The molecule has 0 saturated carbocycles. The highest BCUT2D eigenvalue weighted by molar-refractivity contribution is 9.10. The first kappa shape index (κ1) is 13.2. The minimum Gasteiger partial charge on any atom is -0.394 e. The van der Waals surface area contributed by atoms with Crippen molar-refractivity contribution in [1.29, 1.82) is 0 Å². The fourth-order valence-corrected chi connectivity index (χ4v) is 1.76. The first-order valence-electron chi connectivity index (χ1n) is 5.01. The summed E-state index contributed by atoms with van der Waals surface area (Å²) >= 11 is 3.30. The second-order valence-corrected chi connectivity index (χ2v) is 4.29. The Morgan fingerprint density at radius 2 is 2.38 bits per heavy atom. The van der Waals surface area contributed by atoms with E-state index in [2.05, 4.69) is 21.2 Å². The fourth-order valence-electron chi connectivity index (χ4n) is 1.29. The minimum atomic E-state index is -0.919. The molecule has 1 rings (SSSR count). The van der Waals surface area contributed by atoms with Crippen LogP contribution in [0.15, 0.2) is 16.7 Å². The summed E-state index contributed by atoms with van der Waals surface area (Å²) in [6, 6.07) is 1.71. The Morgan fingerprint density at radius 1 is 1.69 bits per heavy atom. The van der Waals surface area contributed by atoms with Gasteiger partial charge in [0.15, 0.2) is 0 Å². The van der Waals surface area contributed by atoms with Crippen LogP contribution in [0.3, 0.4) is 0 Å². The lowest BCUT2D eigenvalue weighted by Gasteiger charge is -2.10. The summed E-state index contributed by atoms with van der Waals surface area (Å²) in [6.45, 7) is 2.31. The van der Waals surface area contributed by atoms with Crippen LogP contribution < -0.4 is 5.32 Å². The largest absolute Gasteiger partial charge is 0.394 e. The lowest BCUT2D eigenvalue weighted by molar-refractivity contribution is 0.0796. The summed E-state index contributed by atoms with van der Waals surface area (Å²) in [6.07, 6.45) is 0.898. The number of aromatic nitrogens is 1. The number of nitrogens with one attached hydrogen (secondary N) is 1. The Hall–Kier alpha value is -0.850. The Bertz CT molecular complexity index is 365. The van der Waals surface area contributed by atoms with Crippen molar-refractivity contribution >= 4 is 21.8 Å². The smallest absolute Gasteiger partial charge is 0.268 e. The number of aliphatic hydroxyl groups excluding tert-OH is 2. The molecule has 6 heteroatoms. The topological polar surface area (TPSA) is 74.5 Å². The number of rotatable bonds is 5. The van der Waals surface area contributed by atoms with Gasteiger partial charge in [0.25, 0.3) is 5.91 Å². The number of amides is 1. The molecular formula is C10H15BrN2O3. The second-order valence-electron chi connectivity index (χ2n) is 3.38. The summed E-state index contributed by atoms with van der Waals surface area (Å²) in [5.74, 6) is -0.264. The normalized spacial score (nSPS) is 12.5. The predicted molar refractivity (Wildman–Crippen MR) is 63.2 cm³/mol. The molecule has 1 atom stereocenters. The number of halogens is 1. The number of aliphatic hydroxyl groups is 2. The van der Waals surface area contributed by atoms with Crippen molar-refractivity contribution in [3.8, 4) is 0 Å². The van der Waals surface area contributed by atoms with E-state index >= 15 is 0 Å².